The minimum absolute atomic E-state index is 0. The lowest BCUT2D eigenvalue weighted by molar-refractivity contribution is -0.0328. The predicted octanol–water partition coefficient (Wildman–Crippen LogP) is -1.08. The number of piperazine rings is 1. The maximum Gasteiger partial charge on any atom is 1.00 e. The first kappa shape index (κ1) is 16.5. The summed E-state index contributed by atoms with van der Waals surface area (Å²) < 4.78 is 42.5. The smallest absolute Gasteiger partial charge is 0.724 e. The third-order valence-electron chi connectivity index (χ3n) is 4.60. The number of hydroxylamine groups is 2. The van der Waals surface area contributed by atoms with Crippen LogP contribution < -0.4 is 10.2 Å². The lowest BCUT2D eigenvalue weighted by atomic mass is 10.0. The summed E-state index contributed by atoms with van der Waals surface area (Å²) >= 11 is 0. The van der Waals surface area contributed by atoms with Crippen molar-refractivity contribution in [2.24, 2.45) is 0 Å². The summed E-state index contributed by atoms with van der Waals surface area (Å²) in [5, 5.41) is 12.0. The van der Waals surface area contributed by atoms with E-state index in [-0.39, 0.29) is 7.97 Å². The van der Waals surface area contributed by atoms with Crippen LogP contribution in [0, 0.1) is 0 Å². The number of carbonyl (C=O) groups excluding carboxylic acids is 1. The number of amides is 2. The molecule has 4 rings (SSSR count). The number of piperidine rings is 1. The van der Waals surface area contributed by atoms with Gasteiger partial charge in [0.2, 0.25) is 16.3 Å². The number of urea groups is 1. The van der Waals surface area contributed by atoms with Gasteiger partial charge in [-0.1, -0.05) is 5.10 Å². The van der Waals surface area contributed by atoms with E-state index >= 15 is 0 Å². The van der Waals surface area contributed by atoms with E-state index < -0.39 is 28.5 Å². The van der Waals surface area contributed by atoms with Gasteiger partial charge in [0, 0.05) is 32.7 Å². The zero-order chi connectivity index (χ0) is 17.6. The minimum Gasteiger partial charge on any atom is -0.724 e. The highest BCUT2D eigenvalue weighted by Gasteiger charge is 2.48. The highest BCUT2D eigenvalue weighted by molar-refractivity contribution is 7.80. The Hall–Kier alpha value is -1.96. The van der Waals surface area contributed by atoms with Crippen molar-refractivity contribution in [2.75, 3.05) is 37.6 Å². The first-order chi connectivity index (χ1) is 11.9. The van der Waals surface area contributed by atoms with E-state index in [0.29, 0.717) is 29.8 Å². The summed E-state index contributed by atoms with van der Waals surface area (Å²) in [6, 6.07) is -1.23. The molecule has 2 amide bonds. The SMILES string of the molecule is O=C1N2C[C@@H](CC[C@H]2c2nnc(N3CCNCC3)o2)N1OS(=O)(=O)[O-].[H+]. The molecule has 1 aromatic rings. The van der Waals surface area contributed by atoms with E-state index in [2.05, 4.69) is 19.8 Å². The van der Waals surface area contributed by atoms with Gasteiger partial charge in [0.1, 0.15) is 6.04 Å². The second-order valence-electron chi connectivity index (χ2n) is 6.15. The summed E-state index contributed by atoms with van der Waals surface area (Å²) in [6.45, 7) is 3.39. The average molecular weight is 374 g/mol. The maximum atomic E-state index is 12.4. The standard InChI is InChI=1S/C12H18N6O6S/c19-12-17-7-8(18(12)24-25(20,21)22)1-2-9(17)10-14-15-11(23-10)16-5-3-13-4-6-16/h8-9,13H,1-7H2,(H,20,21,22)/t8-,9+/m1/s1. The quantitative estimate of drug-likeness (QED) is 0.510. The largest absolute Gasteiger partial charge is 1.00 e. The lowest BCUT2D eigenvalue weighted by Gasteiger charge is -2.28. The number of hydrogen-bond donors (Lipinski definition) is 1. The van der Waals surface area contributed by atoms with Gasteiger partial charge in [-0.3, -0.25) is 0 Å². The van der Waals surface area contributed by atoms with Gasteiger partial charge >= 0.3 is 13.5 Å². The molecule has 138 valence electrons. The van der Waals surface area contributed by atoms with Crippen LogP contribution in [0.4, 0.5) is 10.8 Å². The molecule has 3 aliphatic rings. The normalized spacial score (nSPS) is 27.2. The molecule has 2 atom stereocenters. The van der Waals surface area contributed by atoms with Crippen molar-refractivity contribution in [3.05, 3.63) is 5.89 Å². The van der Waals surface area contributed by atoms with Crippen molar-refractivity contribution >= 4 is 22.4 Å². The van der Waals surface area contributed by atoms with Crippen LogP contribution in [0.5, 0.6) is 0 Å². The highest BCUT2D eigenvalue weighted by Crippen LogP contribution is 2.38. The fourth-order valence-corrected chi connectivity index (χ4v) is 3.81. The highest BCUT2D eigenvalue weighted by atomic mass is 32.3. The maximum absolute atomic E-state index is 12.4. The first-order valence-electron chi connectivity index (χ1n) is 7.97. The molecule has 0 unspecified atom stereocenters. The van der Waals surface area contributed by atoms with Crippen LogP contribution in [0.2, 0.25) is 0 Å². The second-order valence-corrected chi connectivity index (χ2v) is 7.12. The summed E-state index contributed by atoms with van der Waals surface area (Å²) in [7, 11) is -5.01. The molecule has 0 aromatic carbocycles. The summed E-state index contributed by atoms with van der Waals surface area (Å²) in [5.41, 5.74) is 0. The van der Waals surface area contributed by atoms with E-state index in [9.17, 15) is 17.8 Å². The van der Waals surface area contributed by atoms with Crippen LogP contribution in [-0.4, -0.2) is 77.9 Å². The summed E-state index contributed by atoms with van der Waals surface area (Å²) in [5.74, 6) is 0.298. The van der Waals surface area contributed by atoms with Crippen molar-refractivity contribution in [1.29, 1.82) is 0 Å². The molecule has 2 bridgehead atoms. The van der Waals surface area contributed by atoms with Crippen molar-refractivity contribution in [1.82, 2.24) is 25.5 Å². The van der Waals surface area contributed by atoms with E-state index in [1.165, 1.54) is 4.90 Å². The van der Waals surface area contributed by atoms with Gasteiger partial charge in [0.05, 0.1) is 6.04 Å². The van der Waals surface area contributed by atoms with Crippen LogP contribution in [0.3, 0.4) is 0 Å². The molecule has 0 radical (unpaired) electrons. The Morgan fingerprint density at radius 1 is 1.28 bits per heavy atom. The molecule has 1 N–H and O–H groups in total. The van der Waals surface area contributed by atoms with Gasteiger partial charge in [-0.05, 0) is 12.8 Å². The number of nitrogens with zero attached hydrogens (tertiary/aromatic N) is 5. The fraction of sp³-hybridized carbons (Fsp3) is 0.750. The molecular weight excluding hydrogens is 356 g/mol. The number of anilines is 1. The van der Waals surface area contributed by atoms with Crippen LogP contribution >= 0.6 is 0 Å². The first-order valence-corrected chi connectivity index (χ1v) is 9.30. The van der Waals surface area contributed by atoms with Gasteiger partial charge in [0.25, 0.3) is 0 Å². The zero-order valence-corrected chi connectivity index (χ0v) is 14.0. The van der Waals surface area contributed by atoms with E-state index in [1.807, 2.05) is 4.90 Å². The molecule has 0 saturated carbocycles. The van der Waals surface area contributed by atoms with Crippen molar-refractivity contribution in [3.63, 3.8) is 0 Å². The van der Waals surface area contributed by atoms with Gasteiger partial charge in [-0.25, -0.2) is 13.2 Å². The topological polar surface area (TPSA) is 144 Å². The third-order valence-corrected chi connectivity index (χ3v) is 4.94. The number of rotatable bonds is 4. The molecule has 1 aromatic heterocycles. The molecule has 3 fully saturated rings. The molecule has 3 aliphatic heterocycles. The summed E-state index contributed by atoms with van der Waals surface area (Å²) in [6.07, 6.45) is 0.978. The molecule has 4 heterocycles. The Morgan fingerprint density at radius 2 is 2.04 bits per heavy atom. The van der Waals surface area contributed by atoms with E-state index in [1.54, 1.807) is 0 Å². The average Bonchev–Trinajstić information content (AvgIpc) is 3.16. The van der Waals surface area contributed by atoms with Gasteiger partial charge in [-0.2, -0.15) is 9.35 Å². The van der Waals surface area contributed by atoms with Crippen LogP contribution in [0.15, 0.2) is 4.42 Å². The van der Waals surface area contributed by atoms with E-state index in [0.717, 1.165) is 26.2 Å². The number of aromatic nitrogens is 2. The number of nitrogens with one attached hydrogen (secondary N) is 1. The monoisotopic (exact) mass is 374 g/mol. The Balaban J connectivity index is 0.00000196. The Kier molecular flexibility index (Phi) is 4.02. The van der Waals surface area contributed by atoms with Gasteiger partial charge < -0.3 is 24.1 Å². The lowest BCUT2D eigenvalue weighted by Crippen LogP contribution is -2.43. The molecule has 3 saturated heterocycles. The number of hydrogen-bond acceptors (Lipinski definition) is 10. The number of fused-ring (bicyclic) bond motifs is 2. The molecule has 12 nitrogen and oxygen atoms in total. The third kappa shape index (κ3) is 3.15. The molecular formula is C12H18N6O6S. The van der Waals surface area contributed by atoms with Crippen LogP contribution in [0.1, 0.15) is 26.2 Å². The zero-order valence-electron chi connectivity index (χ0n) is 14.2. The fourth-order valence-electron chi connectivity index (χ4n) is 3.43. The van der Waals surface area contributed by atoms with Crippen molar-refractivity contribution < 1.29 is 27.9 Å². The summed E-state index contributed by atoms with van der Waals surface area (Å²) in [4.78, 5) is 15.7. The van der Waals surface area contributed by atoms with Crippen LogP contribution in [0.25, 0.3) is 0 Å². The molecule has 25 heavy (non-hydrogen) atoms. The Labute approximate surface area is 145 Å². The number of carbonyl (C=O) groups is 1. The van der Waals surface area contributed by atoms with Gasteiger partial charge in [-0.15, -0.1) is 5.10 Å². The minimum atomic E-state index is -5.01. The second kappa shape index (κ2) is 6.09. The van der Waals surface area contributed by atoms with Crippen molar-refractivity contribution in [3.8, 4) is 0 Å². The van der Waals surface area contributed by atoms with Crippen LogP contribution in [-0.2, 0) is 14.7 Å². The predicted molar refractivity (Wildman–Crippen MR) is 81.0 cm³/mol. The molecule has 0 aliphatic carbocycles. The van der Waals surface area contributed by atoms with E-state index in [4.69, 9.17) is 4.42 Å². The molecule has 13 heteroatoms. The van der Waals surface area contributed by atoms with Gasteiger partial charge in [0.15, 0.2) is 0 Å². The molecule has 0 spiro atoms. The Morgan fingerprint density at radius 3 is 2.76 bits per heavy atom. The Bertz CT molecular complexity index is 768. The van der Waals surface area contributed by atoms with Crippen molar-refractivity contribution in [2.45, 2.75) is 24.9 Å².